The Bertz CT molecular complexity index is 1130. The topological polar surface area (TPSA) is 142 Å². The quantitative estimate of drug-likeness (QED) is 0.385. The minimum atomic E-state index is -0.679. The average Bonchev–Trinajstić information content (AvgIpc) is 3.32. The van der Waals surface area contributed by atoms with Crippen LogP contribution in [-0.4, -0.2) is 50.4 Å². The normalized spacial score (nSPS) is 10.7. The van der Waals surface area contributed by atoms with Crippen LogP contribution >= 0.6 is 23.1 Å². The van der Waals surface area contributed by atoms with Crippen molar-refractivity contribution in [2.24, 2.45) is 5.73 Å². The van der Waals surface area contributed by atoms with Crippen LogP contribution in [-0.2, 0) is 16.1 Å². The number of nitrogens with zero attached hydrogens (tertiary/aromatic N) is 4. The summed E-state index contributed by atoms with van der Waals surface area (Å²) < 4.78 is 6.67. The third-order valence-electron chi connectivity index (χ3n) is 4.32. The molecule has 0 unspecified atom stereocenters. The van der Waals surface area contributed by atoms with E-state index in [0.29, 0.717) is 23.1 Å². The van der Waals surface area contributed by atoms with Gasteiger partial charge in [0, 0.05) is 24.5 Å². The van der Waals surface area contributed by atoms with Gasteiger partial charge in [-0.2, -0.15) is 0 Å². The van der Waals surface area contributed by atoms with Crippen molar-refractivity contribution in [3.63, 3.8) is 0 Å². The molecule has 0 fully saturated rings. The minimum Gasteiger partial charge on any atom is -0.465 e. The van der Waals surface area contributed by atoms with E-state index in [-0.39, 0.29) is 27.1 Å². The fourth-order valence-electron chi connectivity index (χ4n) is 2.87. The first-order valence-corrected chi connectivity index (χ1v) is 10.9. The van der Waals surface area contributed by atoms with Crippen LogP contribution in [0.1, 0.15) is 32.5 Å². The first-order chi connectivity index (χ1) is 14.9. The number of aromatic nitrogens is 4. The predicted octanol–water partition coefficient (Wildman–Crippen LogP) is 2.35. The summed E-state index contributed by atoms with van der Waals surface area (Å²) in [5.41, 5.74) is 6.74. The number of methoxy groups -OCH3 is 1. The highest BCUT2D eigenvalue weighted by molar-refractivity contribution is 7.99. The van der Waals surface area contributed by atoms with E-state index >= 15 is 0 Å². The van der Waals surface area contributed by atoms with E-state index in [0.717, 1.165) is 16.9 Å². The molecule has 0 radical (unpaired) electrons. The summed E-state index contributed by atoms with van der Waals surface area (Å²) in [6, 6.07) is 3.67. The molecule has 2 amide bonds. The van der Waals surface area contributed by atoms with E-state index in [1.54, 1.807) is 19.3 Å². The summed E-state index contributed by atoms with van der Waals surface area (Å²) in [5, 5.41) is 11.9. The standard InChI is InChI=1S/C19H20N6O4S2/c1-4-25-16(11-5-7-21-8-6-11)23-24-19(25)30-9-12(26)22-17-13(18(28)29-3)10(2)14(31-17)15(20)27/h5-8H,4,9H2,1-3H3,(H2,20,27)(H,22,26). The van der Waals surface area contributed by atoms with Crippen LogP contribution in [0.15, 0.2) is 29.7 Å². The van der Waals surface area contributed by atoms with Gasteiger partial charge < -0.3 is 20.4 Å². The third-order valence-corrected chi connectivity index (χ3v) is 6.51. The van der Waals surface area contributed by atoms with Gasteiger partial charge in [-0.05, 0) is 31.5 Å². The number of pyridine rings is 1. The first-order valence-electron chi connectivity index (χ1n) is 9.15. The lowest BCUT2D eigenvalue weighted by Crippen LogP contribution is -2.16. The van der Waals surface area contributed by atoms with Crippen molar-refractivity contribution >= 4 is 45.9 Å². The van der Waals surface area contributed by atoms with E-state index in [4.69, 9.17) is 10.5 Å². The largest absolute Gasteiger partial charge is 0.465 e. The molecule has 0 spiro atoms. The number of thiophene rings is 1. The molecule has 0 aliphatic heterocycles. The smallest absolute Gasteiger partial charge is 0.341 e. The Hall–Kier alpha value is -3.25. The molecule has 3 aromatic rings. The van der Waals surface area contributed by atoms with Gasteiger partial charge in [0.05, 0.1) is 23.3 Å². The monoisotopic (exact) mass is 460 g/mol. The van der Waals surface area contributed by atoms with Gasteiger partial charge in [-0.3, -0.25) is 14.6 Å². The number of thioether (sulfide) groups is 1. The fourth-order valence-corrected chi connectivity index (χ4v) is 4.74. The molecule has 3 rings (SSSR count). The average molecular weight is 461 g/mol. The molecule has 3 heterocycles. The molecule has 3 aromatic heterocycles. The van der Waals surface area contributed by atoms with Gasteiger partial charge in [-0.15, -0.1) is 21.5 Å². The zero-order valence-electron chi connectivity index (χ0n) is 17.0. The zero-order valence-corrected chi connectivity index (χ0v) is 18.7. The van der Waals surface area contributed by atoms with Crippen molar-refractivity contribution in [2.75, 3.05) is 18.2 Å². The summed E-state index contributed by atoms with van der Waals surface area (Å²) >= 11 is 2.15. The number of hydrogen-bond acceptors (Lipinski definition) is 9. The lowest BCUT2D eigenvalue weighted by atomic mass is 10.1. The number of anilines is 1. The molecular formula is C19H20N6O4S2. The van der Waals surface area contributed by atoms with Gasteiger partial charge >= 0.3 is 5.97 Å². The van der Waals surface area contributed by atoms with E-state index < -0.39 is 11.9 Å². The number of ether oxygens (including phenoxy) is 1. The molecule has 3 N–H and O–H groups in total. The van der Waals surface area contributed by atoms with Crippen LogP contribution in [0.5, 0.6) is 0 Å². The molecule has 0 bridgehead atoms. The van der Waals surface area contributed by atoms with Crippen molar-refractivity contribution in [3.8, 4) is 11.4 Å². The Morgan fingerprint density at radius 2 is 1.97 bits per heavy atom. The molecule has 10 nitrogen and oxygen atoms in total. The molecule has 0 aliphatic carbocycles. The van der Waals surface area contributed by atoms with Gasteiger partial charge in [0.2, 0.25) is 5.91 Å². The van der Waals surface area contributed by atoms with Crippen LogP contribution < -0.4 is 11.1 Å². The van der Waals surface area contributed by atoms with Gasteiger partial charge in [0.25, 0.3) is 5.91 Å². The Labute approximate surface area is 186 Å². The molecular weight excluding hydrogens is 440 g/mol. The second-order valence-corrected chi connectivity index (χ2v) is 8.20. The first kappa shape index (κ1) is 22.4. The SMILES string of the molecule is CCn1c(SCC(=O)Nc2sc(C(N)=O)c(C)c2C(=O)OC)nnc1-c1ccncc1. The van der Waals surface area contributed by atoms with E-state index in [9.17, 15) is 14.4 Å². The summed E-state index contributed by atoms with van der Waals surface area (Å²) in [4.78, 5) is 40.5. The molecule has 0 atom stereocenters. The van der Waals surface area contributed by atoms with Gasteiger partial charge in [0.15, 0.2) is 11.0 Å². The van der Waals surface area contributed by atoms with Crippen molar-refractivity contribution < 1.29 is 19.1 Å². The van der Waals surface area contributed by atoms with Gasteiger partial charge in [-0.1, -0.05) is 11.8 Å². The summed E-state index contributed by atoms with van der Waals surface area (Å²) in [6.07, 6.45) is 3.35. The number of rotatable bonds is 8. The molecule has 0 saturated carbocycles. The van der Waals surface area contributed by atoms with Gasteiger partial charge in [0.1, 0.15) is 5.00 Å². The van der Waals surface area contributed by atoms with E-state index in [2.05, 4.69) is 20.5 Å². The van der Waals surface area contributed by atoms with Crippen LogP contribution in [0.3, 0.4) is 0 Å². The van der Waals surface area contributed by atoms with Crippen molar-refractivity contribution in [1.29, 1.82) is 0 Å². The zero-order chi connectivity index (χ0) is 22.5. The summed E-state index contributed by atoms with van der Waals surface area (Å²) in [5.74, 6) is -0.999. The molecule has 0 aliphatic rings. The van der Waals surface area contributed by atoms with Crippen LogP contribution in [0.25, 0.3) is 11.4 Å². The highest BCUT2D eigenvalue weighted by Gasteiger charge is 2.25. The highest BCUT2D eigenvalue weighted by atomic mass is 32.2. The van der Waals surface area contributed by atoms with Crippen molar-refractivity contribution in [2.45, 2.75) is 25.5 Å². The van der Waals surface area contributed by atoms with Crippen LogP contribution in [0.2, 0.25) is 0 Å². The number of carbonyl (C=O) groups excluding carboxylic acids is 3. The number of amides is 2. The lowest BCUT2D eigenvalue weighted by molar-refractivity contribution is -0.113. The maximum atomic E-state index is 12.6. The Kier molecular flexibility index (Phi) is 7.02. The van der Waals surface area contributed by atoms with Gasteiger partial charge in [-0.25, -0.2) is 4.79 Å². The Morgan fingerprint density at radius 3 is 2.58 bits per heavy atom. The molecule has 31 heavy (non-hydrogen) atoms. The predicted molar refractivity (Wildman–Crippen MR) is 117 cm³/mol. The second kappa shape index (κ2) is 9.71. The summed E-state index contributed by atoms with van der Waals surface area (Å²) in [7, 11) is 1.22. The van der Waals surface area contributed by atoms with Crippen molar-refractivity contribution in [1.82, 2.24) is 19.7 Å². The van der Waals surface area contributed by atoms with Crippen LogP contribution in [0, 0.1) is 6.92 Å². The third kappa shape index (κ3) is 4.75. The molecule has 0 aromatic carbocycles. The lowest BCUT2D eigenvalue weighted by Gasteiger charge is -2.08. The maximum absolute atomic E-state index is 12.6. The summed E-state index contributed by atoms with van der Waals surface area (Å²) in [6.45, 7) is 4.16. The highest BCUT2D eigenvalue weighted by Crippen LogP contribution is 2.33. The Balaban J connectivity index is 1.76. The second-order valence-electron chi connectivity index (χ2n) is 6.24. The molecule has 162 valence electrons. The van der Waals surface area contributed by atoms with Crippen molar-refractivity contribution in [3.05, 3.63) is 40.5 Å². The Morgan fingerprint density at radius 1 is 1.26 bits per heavy atom. The number of nitrogens with one attached hydrogen (secondary N) is 1. The molecule has 0 saturated heterocycles. The maximum Gasteiger partial charge on any atom is 0.341 e. The number of primary amides is 1. The fraction of sp³-hybridized carbons (Fsp3) is 0.263. The van der Waals surface area contributed by atoms with Crippen LogP contribution in [0.4, 0.5) is 5.00 Å². The van der Waals surface area contributed by atoms with E-state index in [1.807, 2.05) is 23.6 Å². The molecule has 12 heteroatoms. The number of hydrogen-bond donors (Lipinski definition) is 2. The number of carbonyl (C=O) groups is 3. The number of esters is 1. The minimum absolute atomic E-state index is 0.0257. The number of nitrogens with two attached hydrogens (primary N) is 1. The van der Waals surface area contributed by atoms with E-state index in [1.165, 1.54) is 18.9 Å².